The molecule has 2 aromatic heterocycles. The smallest absolute Gasteiger partial charge is 0.209 e. The number of benzene rings is 3. The third-order valence-electron chi connectivity index (χ3n) is 4.23. The highest BCUT2D eigenvalue weighted by Crippen LogP contribution is 2.29. The molecule has 0 fully saturated rings. The number of rotatable bonds is 0. The number of H-pyrrole nitrogens is 1. The second kappa shape index (κ2) is 3.98. The van der Waals surface area contributed by atoms with Gasteiger partial charge in [-0.15, -0.1) is 0 Å². The monoisotopic (exact) mass is 285 g/mol. The van der Waals surface area contributed by atoms with E-state index in [0.29, 0.717) is 16.5 Å². The molecule has 0 aliphatic heterocycles. The quantitative estimate of drug-likeness (QED) is 0.423. The van der Waals surface area contributed by atoms with Crippen LogP contribution < -0.4 is 5.43 Å². The van der Waals surface area contributed by atoms with Gasteiger partial charge in [-0.05, 0) is 17.5 Å². The average Bonchev–Trinajstić information content (AvgIpc) is 2.93. The lowest BCUT2D eigenvalue weighted by Gasteiger charge is -2.03. The van der Waals surface area contributed by atoms with Crippen LogP contribution >= 0.6 is 0 Å². The zero-order valence-corrected chi connectivity index (χ0v) is 11.6. The molecule has 22 heavy (non-hydrogen) atoms. The molecule has 3 heteroatoms. The van der Waals surface area contributed by atoms with Crippen molar-refractivity contribution < 1.29 is 4.42 Å². The number of aromatic amines is 1. The Hall–Kier alpha value is -3.07. The molecule has 0 amide bonds. The summed E-state index contributed by atoms with van der Waals surface area (Å²) in [6.07, 6.45) is 0. The van der Waals surface area contributed by atoms with E-state index in [4.69, 9.17) is 4.42 Å². The van der Waals surface area contributed by atoms with Crippen LogP contribution in [0.4, 0.5) is 0 Å². The number of para-hydroxylation sites is 1. The van der Waals surface area contributed by atoms with Crippen LogP contribution in [-0.4, -0.2) is 4.98 Å². The zero-order chi connectivity index (χ0) is 14.7. The fourth-order valence-corrected chi connectivity index (χ4v) is 3.20. The van der Waals surface area contributed by atoms with Gasteiger partial charge in [0, 0.05) is 16.2 Å². The Bertz CT molecular complexity index is 1240. The Morgan fingerprint density at radius 3 is 2.45 bits per heavy atom. The zero-order valence-electron chi connectivity index (χ0n) is 11.6. The summed E-state index contributed by atoms with van der Waals surface area (Å²) < 4.78 is 5.83. The molecule has 0 saturated carbocycles. The summed E-state index contributed by atoms with van der Waals surface area (Å²) in [5.41, 5.74) is 2.11. The highest BCUT2D eigenvalue weighted by Gasteiger charge is 2.14. The van der Waals surface area contributed by atoms with Crippen LogP contribution in [0.2, 0.25) is 0 Å². The van der Waals surface area contributed by atoms with Crippen LogP contribution in [0.3, 0.4) is 0 Å². The van der Waals surface area contributed by atoms with Crippen molar-refractivity contribution in [2.24, 2.45) is 0 Å². The first-order chi connectivity index (χ1) is 10.8. The van der Waals surface area contributed by atoms with E-state index in [-0.39, 0.29) is 5.43 Å². The normalized spacial score (nSPS) is 11.8. The summed E-state index contributed by atoms with van der Waals surface area (Å²) in [6, 6.07) is 19.5. The molecule has 5 rings (SSSR count). The van der Waals surface area contributed by atoms with Crippen LogP contribution in [-0.2, 0) is 0 Å². The number of fused-ring (bicyclic) bond motifs is 6. The van der Waals surface area contributed by atoms with E-state index in [0.717, 1.165) is 27.3 Å². The van der Waals surface area contributed by atoms with Crippen LogP contribution in [0.25, 0.3) is 43.7 Å². The number of hydrogen-bond donors (Lipinski definition) is 1. The topological polar surface area (TPSA) is 46.0 Å². The first-order valence-corrected chi connectivity index (χ1v) is 7.18. The van der Waals surface area contributed by atoms with Crippen molar-refractivity contribution in [2.45, 2.75) is 0 Å². The van der Waals surface area contributed by atoms with Gasteiger partial charge in [-0.3, -0.25) is 4.79 Å². The third kappa shape index (κ3) is 1.37. The molecule has 0 radical (unpaired) electrons. The number of aromatic nitrogens is 1. The maximum atomic E-state index is 12.9. The number of pyridine rings is 1. The highest BCUT2D eigenvalue weighted by molar-refractivity contribution is 6.12. The van der Waals surface area contributed by atoms with Crippen LogP contribution in [0.1, 0.15) is 0 Å². The third-order valence-corrected chi connectivity index (χ3v) is 4.23. The van der Waals surface area contributed by atoms with E-state index in [1.165, 1.54) is 0 Å². The second-order valence-corrected chi connectivity index (χ2v) is 5.47. The van der Waals surface area contributed by atoms with Crippen LogP contribution in [0.5, 0.6) is 0 Å². The van der Waals surface area contributed by atoms with Gasteiger partial charge in [0.2, 0.25) is 11.1 Å². The van der Waals surface area contributed by atoms with Crippen molar-refractivity contribution in [1.29, 1.82) is 0 Å². The molecule has 0 saturated heterocycles. The lowest BCUT2D eigenvalue weighted by atomic mass is 10.0. The van der Waals surface area contributed by atoms with E-state index >= 15 is 0 Å². The number of nitrogens with one attached hydrogen (secondary N) is 1. The molecule has 0 unspecified atom stereocenters. The number of furan rings is 1. The van der Waals surface area contributed by atoms with Crippen molar-refractivity contribution in [3.05, 3.63) is 70.9 Å². The Morgan fingerprint density at radius 1 is 0.773 bits per heavy atom. The molecule has 0 aliphatic carbocycles. The molecule has 0 aliphatic rings. The molecule has 0 spiro atoms. The second-order valence-electron chi connectivity index (χ2n) is 5.47. The van der Waals surface area contributed by atoms with E-state index in [1.807, 2.05) is 60.7 Å². The lowest BCUT2D eigenvalue weighted by Crippen LogP contribution is -2.03. The van der Waals surface area contributed by atoms with Gasteiger partial charge in [-0.1, -0.05) is 48.5 Å². The number of hydrogen-bond acceptors (Lipinski definition) is 2. The van der Waals surface area contributed by atoms with Gasteiger partial charge >= 0.3 is 0 Å². The largest absolute Gasteiger partial charge is 0.440 e. The predicted molar refractivity (Wildman–Crippen MR) is 89.4 cm³/mol. The standard InChI is InChI=1S/C19H11NO2/c21-18-14-10-9-11-5-1-2-6-12(11)17(14)20-19-16(18)13-7-3-4-8-15(13)22-19/h1-10H,(H,20,21). The fourth-order valence-electron chi connectivity index (χ4n) is 3.20. The van der Waals surface area contributed by atoms with Gasteiger partial charge in [0.05, 0.1) is 10.9 Å². The summed E-state index contributed by atoms with van der Waals surface area (Å²) in [4.78, 5) is 16.2. The van der Waals surface area contributed by atoms with Gasteiger partial charge in [0.15, 0.2) is 0 Å². The van der Waals surface area contributed by atoms with Crippen molar-refractivity contribution in [3.8, 4) is 0 Å². The maximum absolute atomic E-state index is 12.9. The summed E-state index contributed by atoms with van der Waals surface area (Å²) in [5, 5.41) is 4.30. The van der Waals surface area contributed by atoms with Crippen LogP contribution in [0, 0.1) is 0 Å². The van der Waals surface area contributed by atoms with E-state index < -0.39 is 0 Å². The summed E-state index contributed by atoms with van der Waals surface area (Å²) in [6.45, 7) is 0. The molecule has 0 atom stereocenters. The maximum Gasteiger partial charge on any atom is 0.209 e. The Balaban J connectivity index is 2.12. The van der Waals surface area contributed by atoms with Crippen molar-refractivity contribution in [1.82, 2.24) is 4.98 Å². The molecule has 104 valence electrons. The van der Waals surface area contributed by atoms with E-state index in [1.54, 1.807) is 0 Å². The summed E-state index contributed by atoms with van der Waals surface area (Å²) in [5.74, 6) is 0. The first-order valence-electron chi connectivity index (χ1n) is 7.18. The predicted octanol–water partition coefficient (Wildman–Crippen LogP) is 4.58. The molecule has 1 N–H and O–H groups in total. The molecular weight excluding hydrogens is 274 g/mol. The summed E-state index contributed by atoms with van der Waals surface area (Å²) in [7, 11) is 0. The van der Waals surface area contributed by atoms with Crippen LogP contribution in [0.15, 0.2) is 69.9 Å². The molecule has 3 aromatic carbocycles. The Morgan fingerprint density at radius 2 is 1.55 bits per heavy atom. The first kappa shape index (κ1) is 11.6. The van der Waals surface area contributed by atoms with Gasteiger partial charge < -0.3 is 9.40 Å². The fraction of sp³-hybridized carbons (Fsp3) is 0. The lowest BCUT2D eigenvalue weighted by molar-refractivity contribution is 0.656. The minimum Gasteiger partial charge on any atom is -0.440 e. The van der Waals surface area contributed by atoms with Gasteiger partial charge in [0.1, 0.15) is 5.58 Å². The molecule has 0 bridgehead atoms. The molecule has 5 aromatic rings. The highest BCUT2D eigenvalue weighted by atomic mass is 16.3. The van der Waals surface area contributed by atoms with E-state index in [9.17, 15) is 4.79 Å². The van der Waals surface area contributed by atoms with E-state index in [2.05, 4.69) is 4.98 Å². The SMILES string of the molecule is O=c1c2ccc3ccccc3c2[nH]c2oc3ccccc3c12. The van der Waals surface area contributed by atoms with Gasteiger partial charge in [-0.2, -0.15) is 0 Å². The van der Waals surface area contributed by atoms with Crippen molar-refractivity contribution >= 4 is 43.7 Å². The van der Waals surface area contributed by atoms with Crippen molar-refractivity contribution in [3.63, 3.8) is 0 Å². The Kier molecular flexibility index (Phi) is 2.09. The van der Waals surface area contributed by atoms with Gasteiger partial charge in [0.25, 0.3) is 0 Å². The average molecular weight is 285 g/mol. The minimum absolute atomic E-state index is 0.0134. The molecule has 3 nitrogen and oxygen atoms in total. The van der Waals surface area contributed by atoms with Crippen molar-refractivity contribution in [2.75, 3.05) is 0 Å². The van der Waals surface area contributed by atoms with Gasteiger partial charge in [-0.25, -0.2) is 0 Å². The Labute approximate surface area is 124 Å². The molecule has 2 heterocycles. The summed E-state index contributed by atoms with van der Waals surface area (Å²) >= 11 is 0. The minimum atomic E-state index is 0.0134. The molecular formula is C19H11NO2.